The maximum Gasteiger partial charge on any atom is 0.416 e. The van der Waals surface area contributed by atoms with Crippen molar-refractivity contribution < 1.29 is 44.6 Å². The van der Waals surface area contributed by atoms with Crippen molar-refractivity contribution in [3.8, 4) is 0 Å². The molecule has 12 heteroatoms. The number of aliphatic hydroxyl groups is 1. The zero-order chi connectivity index (χ0) is 28.8. The Labute approximate surface area is 218 Å². The molecule has 0 radical (unpaired) electrons. The standard InChI is InChI=1S/C27H23F9N2O/c1-16(17-6-4-8-19(12-17)25(28,29)30)37-14-23(18-7-5-9-20(13-18)26(31,32)33)38(15-24(39)27(34,35)36)22-11-3-2-10-21(22)37/h2-13,16,23-24,39H,14-15H2,1H3. The highest BCUT2D eigenvalue weighted by Crippen LogP contribution is 2.46. The fourth-order valence-electron chi connectivity index (χ4n) is 4.75. The van der Waals surface area contributed by atoms with Gasteiger partial charge < -0.3 is 14.9 Å². The molecule has 1 aliphatic rings. The Morgan fingerprint density at radius 2 is 1.33 bits per heavy atom. The quantitative estimate of drug-likeness (QED) is 0.322. The van der Waals surface area contributed by atoms with E-state index >= 15 is 0 Å². The van der Waals surface area contributed by atoms with Gasteiger partial charge in [0.2, 0.25) is 0 Å². The van der Waals surface area contributed by atoms with E-state index in [2.05, 4.69) is 0 Å². The summed E-state index contributed by atoms with van der Waals surface area (Å²) in [6.45, 7) is 0.475. The predicted octanol–water partition coefficient (Wildman–Crippen LogP) is 7.78. The molecular formula is C27H23F9N2O. The van der Waals surface area contributed by atoms with E-state index in [9.17, 15) is 44.6 Å². The van der Waals surface area contributed by atoms with Crippen LogP contribution in [-0.2, 0) is 12.4 Å². The highest BCUT2D eigenvalue weighted by molar-refractivity contribution is 5.75. The van der Waals surface area contributed by atoms with Gasteiger partial charge >= 0.3 is 18.5 Å². The van der Waals surface area contributed by atoms with Crippen molar-refractivity contribution in [2.45, 2.75) is 43.6 Å². The predicted molar refractivity (Wildman–Crippen MR) is 127 cm³/mol. The van der Waals surface area contributed by atoms with E-state index in [1.54, 1.807) is 24.0 Å². The van der Waals surface area contributed by atoms with Crippen LogP contribution >= 0.6 is 0 Å². The van der Waals surface area contributed by atoms with E-state index in [0.29, 0.717) is 5.69 Å². The number of hydrogen-bond acceptors (Lipinski definition) is 3. The number of fused-ring (bicyclic) bond motifs is 1. The lowest BCUT2D eigenvalue weighted by molar-refractivity contribution is -0.200. The van der Waals surface area contributed by atoms with Crippen LogP contribution in [0.2, 0.25) is 0 Å². The van der Waals surface area contributed by atoms with Crippen LogP contribution in [0.4, 0.5) is 50.9 Å². The summed E-state index contributed by atoms with van der Waals surface area (Å²) in [6, 6.07) is 13.0. The second-order valence-electron chi connectivity index (χ2n) is 9.29. The lowest BCUT2D eigenvalue weighted by Gasteiger charge is -2.47. The maximum absolute atomic E-state index is 13.5. The van der Waals surface area contributed by atoms with Gasteiger partial charge in [-0.2, -0.15) is 39.5 Å². The van der Waals surface area contributed by atoms with Crippen LogP contribution in [0, 0.1) is 0 Å². The van der Waals surface area contributed by atoms with Crippen LogP contribution in [-0.4, -0.2) is 30.5 Å². The second-order valence-corrected chi connectivity index (χ2v) is 9.29. The van der Waals surface area contributed by atoms with Crippen molar-refractivity contribution in [2.75, 3.05) is 22.9 Å². The molecule has 0 saturated carbocycles. The molecule has 3 unspecified atom stereocenters. The van der Waals surface area contributed by atoms with Crippen LogP contribution < -0.4 is 9.80 Å². The molecule has 210 valence electrons. The number of aliphatic hydroxyl groups excluding tert-OH is 1. The Kier molecular flexibility index (Phi) is 7.54. The van der Waals surface area contributed by atoms with Crippen molar-refractivity contribution in [1.29, 1.82) is 0 Å². The average molecular weight is 562 g/mol. The number of benzene rings is 3. The lowest BCUT2D eigenvalue weighted by atomic mass is 9.94. The molecule has 0 bridgehead atoms. The summed E-state index contributed by atoms with van der Waals surface area (Å²) < 4.78 is 121. The van der Waals surface area contributed by atoms with E-state index in [1.165, 1.54) is 35.2 Å². The number of hydrogen-bond donors (Lipinski definition) is 1. The van der Waals surface area contributed by atoms with Crippen LogP contribution in [0.3, 0.4) is 0 Å². The summed E-state index contributed by atoms with van der Waals surface area (Å²) in [5.41, 5.74) is -1.05. The van der Waals surface area contributed by atoms with Gasteiger partial charge in [0, 0.05) is 6.54 Å². The molecule has 1 aliphatic heterocycles. The molecule has 1 heterocycles. The minimum absolute atomic E-state index is 0.0370. The number of rotatable bonds is 5. The van der Waals surface area contributed by atoms with Gasteiger partial charge in [-0.15, -0.1) is 0 Å². The number of para-hydroxylation sites is 2. The monoisotopic (exact) mass is 562 g/mol. The van der Waals surface area contributed by atoms with E-state index in [-0.39, 0.29) is 23.4 Å². The molecule has 0 saturated heterocycles. The third-order valence-electron chi connectivity index (χ3n) is 6.76. The van der Waals surface area contributed by atoms with Crippen molar-refractivity contribution in [3.63, 3.8) is 0 Å². The summed E-state index contributed by atoms with van der Waals surface area (Å²) in [7, 11) is 0. The smallest absolute Gasteiger partial charge is 0.382 e. The Hall–Kier alpha value is -3.41. The second kappa shape index (κ2) is 10.3. The largest absolute Gasteiger partial charge is 0.416 e. The number of alkyl halides is 9. The zero-order valence-corrected chi connectivity index (χ0v) is 20.3. The first-order chi connectivity index (χ1) is 18.1. The molecular weight excluding hydrogens is 539 g/mol. The minimum Gasteiger partial charge on any atom is -0.382 e. The fraction of sp³-hybridized carbons (Fsp3) is 0.333. The molecule has 0 fully saturated rings. The van der Waals surface area contributed by atoms with Crippen LogP contribution in [0.25, 0.3) is 0 Å². The Morgan fingerprint density at radius 1 is 0.769 bits per heavy atom. The van der Waals surface area contributed by atoms with Crippen LogP contribution in [0.15, 0.2) is 72.8 Å². The first-order valence-electron chi connectivity index (χ1n) is 11.8. The number of halogens is 9. The van der Waals surface area contributed by atoms with Gasteiger partial charge in [0.15, 0.2) is 6.10 Å². The molecule has 0 amide bonds. The lowest BCUT2D eigenvalue weighted by Crippen LogP contribution is -2.49. The van der Waals surface area contributed by atoms with Crippen LogP contribution in [0.5, 0.6) is 0 Å². The van der Waals surface area contributed by atoms with E-state index in [0.717, 1.165) is 30.3 Å². The molecule has 3 aromatic rings. The first kappa shape index (κ1) is 28.6. The SMILES string of the molecule is CC(c1cccc(C(F)(F)F)c1)N1CC(c2cccc(C(F)(F)F)c2)N(CC(O)C(F)(F)F)c2ccccc21. The third kappa shape index (κ3) is 6.10. The van der Waals surface area contributed by atoms with Gasteiger partial charge in [0.1, 0.15) is 0 Å². The van der Waals surface area contributed by atoms with Crippen LogP contribution in [0.1, 0.15) is 41.3 Å². The maximum atomic E-state index is 13.5. The minimum atomic E-state index is -4.99. The normalized spacial score (nSPS) is 18.1. The van der Waals surface area contributed by atoms with Crippen molar-refractivity contribution in [1.82, 2.24) is 0 Å². The number of nitrogens with zero attached hydrogens (tertiary/aromatic N) is 2. The molecule has 0 spiro atoms. The van der Waals surface area contributed by atoms with Crippen molar-refractivity contribution in [2.24, 2.45) is 0 Å². The summed E-state index contributed by atoms with van der Waals surface area (Å²) in [6.07, 6.45) is -17.1. The van der Waals surface area contributed by atoms with Gasteiger partial charge in [-0.3, -0.25) is 0 Å². The molecule has 4 rings (SSSR count). The fourth-order valence-corrected chi connectivity index (χ4v) is 4.75. The Balaban J connectivity index is 1.84. The summed E-state index contributed by atoms with van der Waals surface area (Å²) in [4.78, 5) is 2.84. The highest BCUT2D eigenvalue weighted by Gasteiger charge is 2.43. The Bertz CT molecular complexity index is 1300. The number of anilines is 2. The van der Waals surface area contributed by atoms with Gasteiger partial charge in [-0.25, -0.2) is 0 Å². The Morgan fingerprint density at radius 3 is 1.92 bits per heavy atom. The average Bonchev–Trinajstić information content (AvgIpc) is 2.87. The van der Waals surface area contributed by atoms with Gasteiger partial charge in [0.25, 0.3) is 0 Å². The summed E-state index contributed by atoms with van der Waals surface area (Å²) in [5, 5.41) is 9.91. The molecule has 39 heavy (non-hydrogen) atoms. The molecule has 1 N–H and O–H groups in total. The molecule has 0 aromatic heterocycles. The van der Waals surface area contributed by atoms with E-state index in [4.69, 9.17) is 0 Å². The topological polar surface area (TPSA) is 26.7 Å². The summed E-state index contributed by atoms with van der Waals surface area (Å²) >= 11 is 0. The highest BCUT2D eigenvalue weighted by atomic mass is 19.4. The van der Waals surface area contributed by atoms with Gasteiger partial charge in [0.05, 0.1) is 41.1 Å². The first-order valence-corrected chi connectivity index (χ1v) is 11.8. The zero-order valence-electron chi connectivity index (χ0n) is 20.3. The van der Waals surface area contributed by atoms with Gasteiger partial charge in [-0.05, 0) is 54.4 Å². The van der Waals surface area contributed by atoms with Crippen molar-refractivity contribution in [3.05, 3.63) is 95.1 Å². The number of β-amino-alcohol motifs (C(OH)–C–C–N with tert-alkyl or cyclic N) is 1. The molecule has 3 nitrogen and oxygen atoms in total. The summed E-state index contributed by atoms with van der Waals surface area (Å²) in [5.74, 6) is 0. The molecule has 3 aromatic carbocycles. The molecule has 0 aliphatic carbocycles. The van der Waals surface area contributed by atoms with E-state index < -0.39 is 54.4 Å². The third-order valence-corrected chi connectivity index (χ3v) is 6.76. The van der Waals surface area contributed by atoms with E-state index in [1.807, 2.05) is 0 Å². The molecule has 3 atom stereocenters. The van der Waals surface area contributed by atoms with Gasteiger partial charge in [-0.1, -0.05) is 36.4 Å². The van der Waals surface area contributed by atoms with Crippen molar-refractivity contribution >= 4 is 11.4 Å².